The van der Waals surface area contributed by atoms with E-state index in [1.165, 1.54) is 0 Å². The summed E-state index contributed by atoms with van der Waals surface area (Å²) < 4.78 is 24.0. The van der Waals surface area contributed by atoms with Crippen molar-refractivity contribution in [3.05, 3.63) is 0 Å². The van der Waals surface area contributed by atoms with Crippen molar-refractivity contribution in [2.75, 3.05) is 26.7 Å². The van der Waals surface area contributed by atoms with Crippen LogP contribution in [0.15, 0.2) is 0 Å². The summed E-state index contributed by atoms with van der Waals surface area (Å²) >= 11 is 0. The molecule has 0 fully saturated rings. The Morgan fingerprint density at radius 3 is 2.31 bits per heavy atom. The number of nitrogens with two attached hydrogens (primary N) is 1. The Kier molecular flexibility index (Phi) is 5.40. The quantitative estimate of drug-likeness (QED) is 0.695. The van der Waals surface area contributed by atoms with Crippen molar-refractivity contribution in [2.45, 2.75) is 26.7 Å². The van der Waals surface area contributed by atoms with Crippen LogP contribution in [0.1, 0.15) is 20.3 Å². The maximum absolute atomic E-state index is 12.0. The van der Waals surface area contributed by atoms with Crippen LogP contribution >= 0.6 is 0 Å². The Morgan fingerprint density at radius 1 is 1.46 bits per heavy atom. The third kappa shape index (κ3) is 5.16. The van der Waals surface area contributed by atoms with E-state index in [9.17, 15) is 8.78 Å². The molecule has 0 rings (SSSR count). The topological polar surface area (TPSA) is 29.3 Å². The van der Waals surface area contributed by atoms with Gasteiger partial charge in [0.05, 0.1) is 6.54 Å². The summed E-state index contributed by atoms with van der Waals surface area (Å²) in [5.74, 6) is 0. The lowest BCUT2D eigenvalue weighted by Gasteiger charge is -2.31. The van der Waals surface area contributed by atoms with Crippen LogP contribution in [0.2, 0.25) is 0 Å². The Morgan fingerprint density at radius 2 is 2.00 bits per heavy atom. The fourth-order valence-corrected chi connectivity index (χ4v) is 1.27. The molecule has 0 radical (unpaired) electrons. The fraction of sp³-hybridized carbons (Fsp3) is 1.00. The summed E-state index contributed by atoms with van der Waals surface area (Å²) in [6.45, 7) is 5.05. The van der Waals surface area contributed by atoms with Gasteiger partial charge in [-0.2, -0.15) is 0 Å². The van der Waals surface area contributed by atoms with E-state index in [-0.39, 0.29) is 12.0 Å². The highest BCUT2D eigenvalue weighted by molar-refractivity contribution is 4.77. The number of hydrogen-bond acceptors (Lipinski definition) is 2. The van der Waals surface area contributed by atoms with Crippen LogP contribution in [0.4, 0.5) is 8.78 Å². The van der Waals surface area contributed by atoms with Crippen LogP contribution in [-0.2, 0) is 0 Å². The minimum atomic E-state index is -2.26. The molecule has 0 heterocycles. The highest BCUT2D eigenvalue weighted by Gasteiger charge is 2.23. The van der Waals surface area contributed by atoms with E-state index in [2.05, 4.69) is 0 Å². The summed E-state index contributed by atoms with van der Waals surface area (Å²) in [5.41, 5.74) is 5.54. The first-order chi connectivity index (χ1) is 5.93. The second-order valence-electron chi connectivity index (χ2n) is 3.96. The van der Waals surface area contributed by atoms with Gasteiger partial charge in [-0.25, -0.2) is 8.78 Å². The van der Waals surface area contributed by atoms with Gasteiger partial charge < -0.3 is 10.6 Å². The molecule has 0 aliphatic heterocycles. The van der Waals surface area contributed by atoms with E-state index in [0.29, 0.717) is 13.1 Å². The van der Waals surface area contributed by atoms with E-state index in [4.69, 9.17) is 5.73 Å². The Hall–Kier alpha value is -0.220. The highest BCUT2D eigenvalue weighted by atomic mass is 19.3. The van der Waals surface area contributed by atoms with Crippen molar-refractivity contribution in [1.82, 2.24) is 4.90 Å². The van der Waals surface area contributed by atoms with Gasteiger partial charge in [0.25, 0.3) is 6.43 Å². The lowest BCUT2D eigenvalue weighted by Crippen LogP contribution is -2.40. The summed E-state index contributed by atoms with van der Waals surface area (Å²) in [4.78, 5) is 1.64. The maximum atomic E-state index is 12.0. The van der Waals surface area contributed by atoms with Crippen molar-refractivity contribution in [2.24, 2.45) is 11.1 Å². The zero-order chi connectivity index (χ0) is 10.5. The fourth-order valence-electron chi connectivity index (χ4n) is 1.27. The third-order valence-electron chi connectivity index (χ3n) is 2.45. The SMILES string of the molecule is CCC(C)(CN)CN(C)CC(F)F. The molecule has 0 spiro atoms. The molecule has 2 nitrogen and oxygen atoms in total. The van der Waals surface area contributed by atoms with Gasteiger partial charge in [-0.1, -0.05) is 13.8 Å². The number of halogens is 2. The summed E-state index contributed by atoms with van der Waals surface area (Å²) in [5, 5.41) is 0. The van der Waals surface area contributed by atoms with E-state index < -0.39 is 6.43 Å². The minimum absolute atomic E-state index is 0.0381. The lowest BCUT2D eigenvalue weighted by molar-refractivity contribution is 0.0794. The van der Waals surface area contributed by atoms with Gasteiger partial charge in [0.1, 0.15) is 0 Å². The highest BCUT2D eigenvalue weighted by Crippen LogP contribution is 2.20. The third-order valence-corrected chi connectivity index (χ3v) is 2.45. The molecule has 4 heteroatoms. The second-order valence-corrected chi connectivity index (χ2v) is 3.96. The van der Waals surface area contributed by atoms with Crippen molar-refractivity contribution >= 4 is 0 Å². The number of nitrogens with zero attached hydrogens (tertiary/aromatic N) is 1. The molecule has 13 heavy (non-hydrogen) atoms. The molecule has 0 aromatic rings. The molecular formula is C9H20F2N2. The Labute approximate surface area is 79.1 Å². The first-order valence-electron chi connectivity index (χ1n) is 4.60. The molecule has 0 saturated carbocycles. The largest absolute Gasteiger partial charge is 0.330 e. The van der Waals surface area contributed by atoms with E-state index in [0.717, 1.165) is 6.42 Å². The van der Waals surface area contributed by atoms with Gasteiger partial charge in [0.15, 0.2) is 0 Å². The predicted octanol–water partition coefficient (Wildman–Crippen LogP) is 1.56. The molecule has 0 aromatic heterocycles. The summed E-state index contributed by atoms with van der Waals surface area (Å²) in [6.07, 6.45) is -1.35. The lowest BCUT2D eigenvalue weighted by atomic mass is 9.87. The van der Waals surface area contributed by atoms with Crippen LogP contribution in [-0.4, -0.2) is 38.0 Å². The predicted molar refractivity (Wildman–Crippen MR) is 51.0 cm³/mol. The molecule has 0 saturated heterocycles. The van der Waals surface area contributed by atoms with Crippen molar-refractivity contribution in [1.29, 1.82) is 0 Å². The molecule has 0 amide bonds. The van der Waals surface area contributed by atoms with Gasteiger partial charge in [0, 0.05) is 6.54 Å². The Bertz CT molecular complexity index is 136. The van der Waals surface area contributed by atoms with Gasteiger partial charge in [-0.3, -0.25) is 0 Å². The molecule has 0 aliphatic rings. The molecule has 80 valence electrons. The van der Waals surface area contributed by atoms with E-state index in [1.807, 2.05) is 13.8 Å². The van der Waals surface area contributed by atoms with Gasteiger partial charge in [0.2, 0.25) is 0 Å². The zero-order valence-corrected chi connectivity index (χ0v) is 8.69. The molecular weight excluding hydrogens is 174 g/mol. The molecule has 2 N–H and O–H groups in total. The van der Waals surface area contributed by atoms with Crippen LogP contribution in [0.5, 0.6) is 0 Å². The number of alkyl halides is 2. The standard InChI is InChI=1S/C9H20F2N2/c1-4-9(2,6-12)7-13(3)5-8(10)11/h8H,4-7,12H2,1-3H3. The molecule has 1 atom stereocenters. The second kappa shape index (κ2) is 5.50. The smallest absolute Gasteiger partial charge is 0.251 e. The average Bonchev–Trinajstić information content (AvgIpc) is 2.02. The normalized spacial score (nSPS) is 16.6. The summed E-state index contributed by atoms with van der Waals surface area (Å²) in [7, 11) is 1.70. The number of rotatable bonds is 6. The van der Waals surface area contributed by atoms with E-state index in [1.54, 1.807) is 11.9 Å². The van der Waals surface area contributed by atoms with Gasteiger partial charge in [-0.15, -0.1) is 0 Å². The summed E-state index contributed by atoms with van der Waals surface area (Å²) in [6, 6.07) is 0. The monoisotopic (exact) mass is 194 g/mol. The molecule has 0 bridgehead atoms. The van der Waals surface area contributed by atoms with Gasteiger partial charge in [-0.05, 0) is 25.4 Å². The van der Waals surface area contributed by atoms with Gasteiger partial charge >= 0.3 is 0 Å². The molecule has 0 aliphatic carbocycles. The van der Waals surface area contributed by atoms with E-state index >= 15 is 0 Å². The molecule has 1 unspecified atom stereocenters. The van der Waals surface area contributed by atoms with Crippen LogP contribution in [0.25, 0.3) is 0 Å². The average molecular weight is 194 g/mol. The van der Waals surface area contributed by atoms with Crippen LogP contribution in [0, 0.1) is 5.41 Å². The first kappa shape index (κ1) is 12.8. The number of hydrogen-bond donors (Lipinski definition) is 1. The van der Waals surface area contributed by atoms with Crippen molar-refractivity contribution in [3.8, 4) is 0 Å². The molecule has 0 aromatic carbocycles. The van der Waals surface area contributed by atoms with Crippen LogP contribution in [0.3, 0.4) is 0 Å². The first-order valence-corrected chi connectivity index (χ1v) is 4.60. The van der Waals surface area contributed by atoms with Crippen molar-refractivity contribution in [3.63, 3.8) is 0 Å². The van der Waals surface area contributed by atoms with Crippen LogP contribution < -0.4 is 5.73 Å². The minimum Gasteiger partial charge on any atom is -0.330 e. The zero-order valence-electron chi connectivity index (χ0n) is 8.69. The maximum Gasteiger partial charge on any atom is 0.251 e. The Balaban J connectivity index is 3.94. The van der Waals surface area contributed by atoms with Crippen molar-refractivity contribution < 1.29 is 8.78 Å².